The van der Waals surface area contributed by atoms with Crippen LogP contribution < -0.4 is 10.6 Å². The molecule has 0 radical (unpaired) electrons. The van der Waals surface area contributed by atoms with Gasteiger partial charge in [-0.1, -0.05) is 13.0 Å². The van der Waals surface area contributed by atoms with Crippen molar-refractivity contribution >= 4 is 40.3 Å². The first-order valence-electron chi connectivity index (χ1n) is 5.94. The largest absolute Gasteiger partial charge is 0.481 e. The summed E-state index contributed by atoms with van der Waals surface area (Å²) < 4.78 is 1.08. The fourth-order valence-electron chi connectivity index (χ4n) is 1.37. The number of carboxylic acids is 1. The molecule has 104 valence electrons. The van der Waals surface area contributed by atoms with E-state index in [0.29, 0.717) is 13.0 Å². The van der Waals surface area contributed by atoms with E-state index < -0.39 is 11.9 Å². The number of nitrogens with one attached hydrogen (secondary N) is 2. The lowest BCUT2D eigenvalue weighted by Gasteiger charge is -2.10. The average Bonchev–Trinajstić information content (AvgIpc) is 2.33. The zero-order chi connectivity index (χ0) is 14.4. The molecule has 0 fully saturated rings. The SMILES string of the molecule is Cc1ccc(NC(=O)NCCC(C)C(=O)O)cc1I. The molecule has 1 aromatic rings. The van der Waals surface area contributed by atoms with Gasteiger partial charge in [0.1, 0.15) is 0 Å². The highest BCUT2D eigenvalue weighted by molar-refractivity contribution is 14.1. The molecule has 0 saturated carbocycles. The maximum absolute atomic E-state index is 11.6. The molecule has 19 heavy (non-hydrogen) atoms. The van der Waals surface area contributed by atoms with Crippen molar-refractivity contribution in [2.45, 2.75) is 20.3 Å². The second-order valence-electron chi connectivity index (χ2n) is 4.37. The van der Waals surface area contributed by atoms with Crippen molar-refractivity contribution in [2.75, 3.05) is 11.9 Å². The minimum Gasteiger partial charge on any atom is -0.481 e. The summed E-state index contributed by atoms with van der Waals surface area (Å²) in [6.07, 6.45) is 0.411. The quantitative estimate of drug-likeness (QED) is 0.692. The van der Waals surface area contributed by atoms with Gasteiger partial charge in [-0.05, 0) is 53.6 Å². The van der Waals surface area contributed by atoms with Gasteiger partial charge in [0, 0.05) is 15.8 Å². The molecule has 1 aromatic carbocycles. The highest BCUT2D eigenvalue weighted by Gasteiger charge is 2.10. The Hall–Kier alpha value is -1.31. The maximum atomic E-state index is 11.6. The van der Waals surface area contributed by atoms with Crippen LogP contribution in [0.2, 0.25) is 0 Å². The molecular formula is C13H17IN2O3. The summed E-state index contributed by atoms with van der Waals surface area (Å²) in [5.74, 6) is -1.31. The van der Waals surface area contributed by atoms with Crippen LogP contribution in [0.5, 0.6) is 0 Å². The Morgan fingerprint density at radius 2 is 2.11 bits per heavy atom. The lowest BCUT2D eigenvalue weighted by molar-refractivity contribution is -0.141. The molecule has 3 N–H and O–H groups in total. The number of halogens is 1. The van der Waals surface area contributed by atoms with Gasteiger partial charge in [-0.3, -0.25) is 4.79 Å². The van der Waals surface area contributed by atoms with E-state index in [0.717, 1.165) is 14.8 Å². The van der Waals surface area contributed by atoms with Crippen LogP contribution in [0.15, 0.2) is 18.2 Å². The second-order valence-corrected chi connectivity index (χ2v) is 5.54. The van der Waals surface area contributed by atoms with E-state index in [2.05, 4.69) is 33.2 Å². The van der Waals surface area contributed by atoms with E-state index in [1.165, 1.54) is 0 Å². The summed E-state index contributed by atoms with van der Waals surface area (Å²) in [5.41, 5.74) is 1.88. The smallest absolute Gasteiger partial charge is 0.319 e. The zero-order valence-electron chi connectivity index (χ0n) is 10.9. The van der Waals surface area contributed by atoms with Crippen LogP contribution >= 0.6 is 22.6 Å². The summed E-state index contributed by atoms with van der Waals surface area (Å²) in [4.78, 5) is 22.2. The van der Waals surface area contributed by atoms with E-state index in [1.807, 2.05) is 25.1 Å². The van der Waals surface area contributed by atoms with Crippen molar-refractivity contribution in [3.8, 4) is 0 Å². The highest BCUT2D eigenvalue weighted by atomic mass is 127. The Balaban J connectivity index is 2.39. The van der Waals surface area contributed by atoms with E-state index in [9.17, 15) is 9.59 Å². The van der Waals surface area contributed by atoms with Gasteiger partial charge in [0.25, 0.3) is 0 Å². The Morgan fingerprint density at radius 3 is 2.68 bits per heavy atom. The molecule has 6 heteroatoms. The van der Waals surface area contributed by atoms with Crippen molar-refractivity contribution in [3.63, 3.8) is 0 Å². The molecule has 1 unspecified atom stereocenters. The predicted octanol–water partition coefficient (Wildman–Crippen LogP) is 2.83. The van der Waals surface area contributed by atoms with Gasteiger partial charge in [-0.25, -0.2) is 4.79 Å². The van der Waals surface area contributed by atoms with Crippen LogP contribution in [-0.4, -0.2) is 23.7 Å². The van der Waals surface area contributed by atoms with Gasteiger partial charge in [0.15, 0.2) is 0 Å². The number of hydrogen-bond acceptors (Lipinski definition) is 2. The number of urea groups is 1. The predicted molar refractivity (Wildman–Crippen MR) is 82.3 cm³/mol. The van der Waals surface area contributed by atoms with Gasteiger partial charge in [0.05, 0.1) is 5.92 Å². The van der Waals surface area contributed by atoms with Crippen molar-refractivity contribution in [1.82, 2.24) is 5.32 Å². The Kier molecular flexibility index (Phi) is 6.07. The number of carboxylic acid groups (broad SMARTS) is 1. The number of rotatable bonds is 5. The molecule has 0 spiro atoms. The summed E-state index contributed by atoms with van der Waals surface area (Å²) in [7, 11) is 0. The van der Waals surface area contributed by atoms with E-state index >= 15 is 0 Å². The topological polar surface area (TPSA) is 78.4 Å². The van der Waals surface area contributed by atoms with E-state index in [-0.39, 0.29) is 6.03 Å². The molecule has 0 saturated heterocycles. The van der Waals surface area contributed by atoms with Crippen LogP contribution in [0.1, 0.15) is 18.9 Å². The zero-order valence-corrected chi connectivity index (χ0v) is 13.0. The number of benzene rings is 1. The lowest BCUT2D eigenvalue weighted by Crippen LogP contribution is -2.31. The summed E-state index contributed by atoms with van der Waals surface area (Å²) in [6, 6.07) is 5.33. The number of aryl methyl sites for hydroxylation is 1. The van der Waals surface area contributed by atoms with E-state index in [1.54, 1.807) is 6.92 Å². The van der Waals surface area contributed by atoms with Crippen molar-refractivity contribution in [2.24, 2.45) is 5.92 Å². The van der Waals surface area contributed by atoms with Crippen LogP contribution in [0.25, 0.3) is 0 Å². The van der Waals surface area contributed by atoms with Crippen molar-refractivity contribution in [1.29, 1.82) is 0 Å². The summed E-state index contributed by atoms with van der Waals surface area (Å²) >= 11 is 2.20. The van der Waals surface area contributed by atoms with Crippen molar-refractivity contribution in [3.05, 3.63) is 27.3 Å². The van der Waals surface area contributed by atoms with Crippen LogP contribution in [-0.2, 0) is 4.79 Å². The molecule has 0 heterocycles. The summed E-state index contributed by atoms with van der Waals surface area (Å²) in [6.45, 7) is 3.95. The highest BCUT2D eigenvalue weighted by Crippen LogP contribution is 2.16. The third kappa shape index (κ3) is 5.46. The number of aliphatic carboxylic acids is 1. The Labute approximate surface area is 125 Å². The minimum atomic E-state index is -0.852. The first-order valence-corrected chi connectivity index (χ1v) is 7.02. The third-order valence-corrected chi connectivity index (χ3v) is 3.88. The number of anilines is 1. The molecule has 0 aromatic heterocycles. The molecule has 1 atom stereocenters. The maximum Gasteiger partial charge on any atom is 0.319 e. The molecule has 5 nitrogen and oxygen atoms in total. The standard InChI is InChI=1S/C13H17IN2O3/c1-8-3-4-10(7-11(8)14)16-13(19)15-6-5-9(2)12(17)18/h3-4,7,9H,5-6H2,1-2H3,(H,17,18)(H2,15,16,19). The fraction of sp³-hybridized carbons (Fsp3) is 0.385. The molecule has 2 amide bonds. The van der Waals surface area contributed by atoms with Gasteiger partial charge in [-0.2, -0.15) is 0 Å². The first-order chi connectivity index (χ1) is 8.90. The Morgan fingerprint density at radius 1 is 1.42 bits per heavy atom. The van der Waals surface area contributed by atoms with Crippen LogP contribution in [0, 0.1) is 16.4 Å². The van der Waals surface area contributed by atoms with Crippen LogP contribution in [0.3, 0.4) is 0 Å². The summed E-state index contributed by atoms with van der Waals surface area (Å²) in [5, 5.41) is 14.1. The second kappa shape index (κ2) is 7.32. The Bertz CT molecular complexity index is 477. The van der Waals surface area contributed by atoms with Gasteiger partial charge < -0.3 is 15.7 Å². The molecule has 0 aliphatic rings. The first kappa shape index (κ1) is 15.7. The number of carbonyl (C=O) groups is 2. The number of hydrogen-bond donors (Lipinski definition) is 3. The lowest BCUT2D eigenvalue weighted by atomic mass is 10.1. The number of amides is 2. The molecule has 0 aliphatic carbocycles. The van der Waals surface area contributed by atoms with Gasteiger partial charge >= 0.3 is 12.0 Å². The number of carbonyl (C=O) groups excluding carboxylic acids is 1. The van der Waals surface area contributed by atoms with Crippen LogP contribution in [0.4, 0.5) is 10.5 Å². The average molecular weight is 376 g/mol. The van der Waals surface area contributed by atoms with Gasteiger partial charge in [0.2, 0.25) is 0 Å². The van der Waals surface area contributed by atoms with Crippen molar-refractivity contribution < 1.29 is 14.7 Å². The van der Waals surface area contributed by atoms with E-state index in [4.69, 9.17) is 5.11 Å². The third-order valence-electron chi connectivity index (χ3n) is 2.71. The molecule has 1 rings (SSSR count). The molecule has 0 bridgehead atoms. The molecular weight excluding hydrogens is 359 g/mol. The van der Waals surface area contributed by atoms with Gasteiger partial charge in [-0.15, -0.1) is 0 Å². The minimum absolute atomic E-state index is 0.322. The monoisotopic (exact) mass is 376 g/mol. The normalized spacial score (nSPS) is 11.7. The fourth-order valence-corrected chi connectivity index (χ4v) is 1.89. The molecule has 0 aliphatic heterocycles.